The van der Waals surface area contributed by atoms with Crippen LogP contribution in [0, 0.1) is 17.3 Å². The summed E-state index contributed by atoms with van der Waals surface area (Å²) < 4.78 is 6.06. The van der Waals surface area contributed by atoms with Crippen molar-refractivity contribution in [3.05, 3.63) is 63.7 Å². The Kier molecular flexibility index (Phi) is 10.3. The number of nitrogens with one attached hydrogen (secondary N) is 1. The minimum absolute atomic E-state index is 0.197. The highest BCUT2D eigenvalue weighted by atomic mass is 32.1. The number of ether oxygens (including phenoxy) is 1. The molecule has 3 N–H and O–H groups in total. The first-order valence-corrected chi connectivity index (χ1v) is 17.5. The molecule has 0 bridgehead atoms. The second kappa shape index (κ2) is 13.8. The summed E-state index contributed by atoms with van der Waals surface area (Å²) in [5.74, 6) is 1.14. The molecule has 6 atom stereocenters. The molecule has 1 aromatic rings. The molecular weight excluding hydrogens is 556 g/mol. The fourth-order valence-electron chi connectivity index (χ4n) is 7.96. The van der Waals surface area contributed by atoms with Gasteiger partial charge in [-0.3, -0.25) is 0 Å². The zero-order chi connectivity index (χ0) is 30.6. The van der Waals surface area contributed by atoms with Gasteiger partial charge in [0.2, 0.25) is 0 Å². The predicted molar refractivity (Wildman–Crippen MR) is 174 cm³/mol. The van der Waals surface area contributed by atoms with Crippen molar-refractivity contribution in [1.29, 1.82) is 0 Å². The summed E-state index contributed by atoms with van der Waals surface area (Å²) in [6.07, 6.45) is 22.3. The number of aromatic nitrogens is 1. The van der Waals surface area contributed by atoms with Crippen molar-refractivity contribution in [3.8, 4) is 0 Å². The number of nitrogens with zero attached hydrogens (tertiary/aromatic N) is 1. The Labute approximate surface area is 262 Å². The van der Waals surface area contributed by atoms with Gasteiger partial charge in [0.1, 0.15) is 11.1 Å². The molecule has 6 nitrogen and oxygen atoms in total. The van der Waals surface area contributed by atoms with Gasteiger partial charge >= 0.3 is 6.09 Å². The largest absolute Gasteiger partial charge is 0.441 e. The summed E-state index contributed by atoms with van der Waals surface area (Å²) in [6.45, 7) is 11.2. The van der Waals surface area contributed by atoms with Gasteiger partial charge in [0.15, 0.2) is 0 Å². The van der Waals surface area contributed by atoms with Crippen LogP contribution in [0.5, 0.6) is 0 Å². The SMILES string of the molecule is C=C1/C(=C\C=C2/CCCC3(C)C(C/C=C/C(OC(=O)NCC)C4(c5ncc(CCCC)s5)CC4)CCC23)CC(O)CC1O. The van der Waals surface area contributed by atoms with Crippen LogP contribution in [0.1, 0.15) is 108 Å². The molecule has 0 radical (unpaired) electrons. The number of hydrogen-bond acceptors (Lipinski definition) is 6. The number of aliphatic hydroxyl groups is 2. The molecule has 0 aliphatic heterocycles. The first-order valence-electron chi connectivity index (χ1n) is 16.7. The Morgan fingerprint density at radius 3 is 2.81 bits per heavy atom. The van der Waals surface area contributed by atoms with Gasteiger partial charge < -0.3 is 20.3 Å². The standard InChI is InChI=1S/C36H52N2O4S/c1-5-7-12-29-23-38-33(43-29)36(19-20-36)32(42-34(41)37-6-2)13-8-11-27-16-17-30-25(10-9-18-35(27,30)4)14-15-26-21-28(39)22-31(40)24(26)3/h8,13-15,23,27-28,30-32,39-40H,3,5-7,9-12,16-22H2,1-2,4H3,(H,37,41)/b13-8+,25-14+,26-15-. The number of carbonyl (C=O) groups is 1. The molecule has 6 unspecified atom stereocenters. The van der Waals surface area contributed by atoms with Crippen molar-refractivity contribution in [3.63, 3.8) is 0 Å². The van der Waals surface area contributed by atoms with Gasteiger partial charge in [0.05, 0.1) is 17.6 Å². The lowest BCUT2D eigenvalue weighted by Crippen LogP contribution is -2.35. The topological polar surface area (TPSA) is 91.7 Å². The number of allylic oxidation sites excluding steroid dienone is 4. The van der Waals surface area contributed by atoms with E-state index in [9.17, 15) is 15.0 Å². The van der Waals surface area contributed by atoms with Crippen LogP contribution in [0.4, 0.5) is 4.79 Å². The number of alkyl carbamates (subject to hydrolysis) is 1. The normalized spacial score (nSPS) is 32.7. The zero-order valence-corrected chi connectivity index (χ0v) is 27.3. The van der Waals surface area contributed by atoms with Crippen molar-refractivity contribution in [2.45, 2.75) is 128 Å². The average Bonchev–Trinajstić information content (AvgIpc) is 3.51. The number of aryl methyl sites for hydroxylation is 1. The molecule has 1 heterocycles. The van der Waals surface area contributed by atoms with Gasteiger partial charge in [0, 0.05) is 24.0 Å². The Morgan fingerprint density at radius 2 is 2.07 bits per heavy atom. The minimum Gasteiger partial charge on any atom is -0.441 e. The monoisotopic (exact) mass is 608 g/mol. The van der Waals surface area contributed by atoms with Crippen molar-refractivity contribution >= 4 is 17.4 Å². The fourth-order valence-corrected chi connectivity index (χ4v) is 9.19. The Bertz CT molecular complexity index is 1240. The lowest BCUT2D eigenvalue weighted by molar-refractivity contribution is 0.0862. The van der Waals surface area contributed by atoms with Crippen LogP contribution < -0.4 is 5.32 Å². The van der Waals surface area contributed by atoms with Gasteiger partial charge in [-0.1, -0.05) is 50.6 Å². The number of amides is 1. The first kappa shape index (κ1) is 32.2. The van der Waals surface area contributed by atoms with E-state index in [-0.39, 0.29) is 23.0 Å². The zero-order valence-electron chi connectivity index (χ0n) is 26.4. The molecule has 4 aliphatic rings. The summed E-state index contributed by atoms with van der Waals surface area (Å²) in [4.78, 5) is 18.8. The van der Waals surface area contributed by atoms with Crippen LogP contribution >= 0.6 is 11.3 Å². The molecule has 4 aliphatic carbocycles. The maximum absolute atomic E-state index is 12.6. The minimum atomic E-state index is -0.651. The van der Waals surface area contributed by atoms with Crippen LogP contribution in [-0.2, 0) is 16.6 Å². The average molecular weight is 609 g/mol. The molecule has 0 saturated heterocycles. The van der Waals surface area contributed by atoms with Gasteiger partial charge in [-0.15, -0.1) is 11.3 Å². The lowest BCUT2D eigenvalue weighted by atomic mass is 9.63. The molecule has 5 rings (SSSR count). The van der Waals surface area contributed by atoms with Gasteiger partial charge in [-0.25, -0.2) is 9.78 Å². The highest BCUT2D eigenvalue weighted by Gasteiger charge is 2.54. The van der Waals surface area contributed by atoms with E-state index in [2.05, 4.69) is 50.0 Å². The van der Waals surface area contributed by atoms with E-state index in [0.29, 0.717) is 31.2 Å². The van der Waals surface area contributed by atoms with Crippen molar-refractivity contribution in [2.75, 3.05) is 6.54 Å². The molecule has 1 amide bonds. The van der Waals surface area contributed by atoms with E-state index < -0.39 is 12.2 Å². The predicted octanol–water partition coefficient (Wildman–Crippen LogP) is 7.72. The maximum Gasteiger partial charge on any atom is 0.407 e. The lowest BCUT2D eigenvalue weighted by Gasteiger charge is -2.42. The van der Waals surface area contributed by atoms with E-state index in [1.54, 1.807) is 11.3 Å². The number of unbranched alkanes of at least 4 members (excludes halogenated alkanes) is 1. The molecule has 1 aromatic heterocycles. The van der Waals surface area contributed by atoms with Crippen LogP contribution in [-0.4, -0.2) is 46.1 Å². The third-order valence-electron chi connectivity index (χ3n) is 10.8. The van der Waals surface area contributed by atoms with Gasteiger partial charge in [-0.05, 0) is 112 Å². The molecule has 236 valence electrons. The molecule has 0 aromatic carbocycles. The van der Waals surface area contributed by atoms with Crippen LogP contribution in [0.3, 0.4) is 0 Å². The molecule has 43 heavy (non-hydrogen) atoms. The van der Waals surface area contributed by atoms with Crippen molar-refractivity contribution < 1.29 is 19.7 Å². The summed E-state index contributed by atoms with van der Waals surface area (Å²) in [7, 11) is 0. The summed E-state index contributed by atoms with van der Waals surface area (Å²) in [5.41, 5.74) is 3.28. The Morgan fingerprint density at radius 1 is 1.26 bits per heavy atom. The molecule has 4 saturated carbocycles. The van der Waals surface area contributed by atoms with E-state index in [4.69, 9.17) is 9.72 Å². The third-order valence-corrected chi connectivity index (χ3v) is 12.1. The second-order valence-electron chi connectivity index (χ2n) is 13.7. The summed E-state index contributed by atoms with van der Waals surface area (Å²) >= 11 is 1.80. The number of hydrogen-bond donors (Lipinski definition) is 3. The highest BCUT2D eigenvalue weighted by Crippen LogP contribution is 2.59. The fraction of sp³-hybridized carbons (Fsp3) is 0.667. The molecule has 4 fully saturated rings. The number of fused-ring (bicyclic) bond motifs is 1. The number of rotatable bonds is 11. The molecular formula is C36H52N2O4S. The number of carbonyl (C=O) groups excluding carboxylic acids is 1. The van der Waals surface area contributed by atoms with E-state index in [1.165, 1.54) is 49.0 Å². The van der Waals surface area contributed by atoms with Gasteiger partial charge in [-0.2, -0.15) is 0 Å². The molecule has 7 heteroatoms. The summed E-state index contributed by atoms with van der Waals surface area (Å²) in [6, 6.07) is 0. The smallest absolute Gasteiger partial charge is 0.407 e. The van der Waals surface area contributed by atoms with Crippen molar-refractivity contribution in [1.82, 2.24) is 10.3 Å². The van der Waals surface area contributed by atoms with E-state index >= 15 is 0 Å². The van der Waals surface area contributed by atoms with Crippen LogP contribution in [0.15, 0.2) is 53.8 Å². The highest BCUT2D eigenvalue weighted by molar-refractivity contribution is 7.11. The van der Waals surface area contributed by atoms with Gasteiger partial charge in [0.25, 0.3) is 0 Å². The number of thiazole rings is 1. The first-order chi connectivity index (χ1) is 20.7. The second-order valence-corrected chi connectivity index (χ2v) is 14.8. The van der Waals surface area contributed by atoms with E-state index in [1.807, 2.05) is 13.1 Å². The summed E-state index contributed by atoms with van der Waals surface area (Å²) in [5, 5.41) is 24.4. The Balaban J connectivity index is 1.29. The number of aliphatic hydroxyl groups excluding tert-OH is 2. The Hall–Kier alpha value is -2.22. The van der Waals surface area contributed by atoms with Crippen LogP contribution in [0.2, 0.25) is 0 Å². The molecule has 0 spiro atoms. The quantitative estimate of drug-likeness (QED) is 0.224. The maximum atomic E-state index is 12.6. The van der Waals surface area contributed by atoms with E-state index in [0.717, 1.165) is 48.3 Å². The van der Waals surface area contributed by atoms with Crippen LogP contribution in [0.25, 0.3) is 0 Å². The van der Waals surface area contributed by atoms with Crippen molar-refractivity contribution in [2.24, 2.45) is 17.3 Å². The third kappa shape index (κ3) is 7.04.